The van der Waals surface area contributed by atoms with E-state index in [9.17, 15) is 8.42 Å². The van der Waals surface area contributed by atoms with E-state index in [1.165, 1.54) is 8.61 Å². The summed E-state index contributed by atoms with van der Waals surface area (Å²) in [6, 6.07) is 0. The second kappa shape index (κ2) is 6.58. The van der Waals surface area contributed by atoms with E-state index >= 15 is 0 Å². The number of aryl methyl sites for hydroxylation is 1. The Morgan fingerprint density at radius 2 is 2.08 bits per heavy atom. The quantitative estimate of drug-likeness (QED) is 0.893. The molecule has 9 heteroatoms. The lowest BCUT2D eigenvalue weighted by Gasteiger charge is -2.33. The monoisotopic (exact) mass is 350 g/mol. The molecule has 0 saturated carbocycles. The molecule has 0 aromatic carbocycles. The maximum absolute atomic E-state index is 12.4. The lowest BCUT2D eigenvalue weighted by molar-refractivity contribution is 0.296. The zero-order valence-corrected chi connectivity index (χ0v) is 14.9. The fourth-order valence-electron chi connectivity index (χ4n) is 2.94. The van der Waals surface area contributed by atoms with Crippen molar-refractivity contribution in [2.75, 3.05) is 27.2 Å². The predicted molar refractivity (Wildman–Crippen MR) is 90.5 cm³/mol. The minimum atomic E-state index is -3.40. The molecule has 0 unspecified atom stereocenters. The molecule has 0 spiro atoms. The van der Waals surface area contributed by atoms with Gasteiger partial charge in [0.15, 0.2) is 0 Å². The van der Waals surface area contributed by atoms with Crippen LogP contribution in [0.15, 0.2) is 18.6 Å². The minimum absolute atomic E-state index is 0.0492. The summed E-state index contributed by atoms with van der Waals surface area (Å²) < 4.78 is 27.5. The van der Waals surface area contributed by atoms with Crippen molar-refractivity contribution < 1.29 is 8.42 Å². The molecule has 1 fully saturated rings. The molecule has 3 rings (SSSR count). The highest BCUT2D eigenvalue weighted by molar-refractivity contribution is 7.86. The minimum Gasteiger partial charge on any atom is -0.282 e. The van der Waals surface area contributed by atoms with Crippen molar-refractivity contribution in [2.24, 2.45) is 0 Å². The van der Waals surface area contributed by atoms with Crippen molar-refractivity contribution in [3.05, 3.63) is 30.0 Å². The van der Waals surface area contributed by atoms with Crippen LogP contribution in [-0.4, -0.2) is 64.4 Å². The van der Waals surface area contributed by atoms with Gasteiger partial charge in [-0.25, -0.2) is 4.98 Å². The zero-order chi connectivity index (χ0) is 17.3. The number of hydrogen-bond acceptors (Lipinski definition) is 5. The Bertz CT molecular complexity index is 817. The number of piperidine rings is 1. The normalized spacial score (nSPS) is 19.8. The standard InChI is InChI=1S/C15H22N6O2S/c1-11-13(7-17-19-11)15-9-16-8-14(18-15)12-5-4-6-21(10-12)24(22,23)20(2)3/h7-9,12H,4-6,10H2,1-3H3,(H,17,19)/t12-/m1/s1. The second-order valence-corrected chi connectivity index (χ2v) is 8.37. The first kappa shape index (κ1) is 17.0. The van der Waals surface area contributed by atoms with E-state index < -0.39 is 10.2 Å². The van der Waals surface area contributed by atoms with Gasteiger partial charge in [-0.2, -0.15) is 22.1 Å². The maximum atomic E-state index is 12.4. The first-order chi connectivity index (χ1) is 11.4. The van der Waals surface area contributed by atoms with Gasteiger partial charge < -0.3 is 0 Å². The summed E-state index contributed by atoms with van der Waals surface area (Å²) in [7, 11) is -0.284. The van der Waals surface area contributed by atoms with Gasteiger partial charge in [0.25, 0.3) is 10.2 Å². The van der Waals surface area contributed by atoms with E-state index in [2.05, 4.69) is 15.2 Å². The van der Waals surface area contributed by atoms with Crippen molar-refractivity contribution in [3.8, 4) is 11.3 Å². The lowest BCUT2D eigenvalue weighted by atomic mass is 9.96. The number of rotatable bonds is 4. The summed E-state index contributed by atoms with van der Waals surface area (Å²) >= 11 is 0. The van der Waals surface area contributed by atoms with E-state index in [4.69, 9.17) is 4.98 Å². The van der Waals surface area contributed by atoms with Gasteiger partial charge in [-0.1, -0.05) is 0 Å². The van der Waals surface area contributed by atoms with E-state index in [0.717, 1.165) is 35.5 Å². The Labute approximate surface area is 142 Å². The number of nitrogens with one attached hydrogen (secondary N) is 1. The van der Waals surface area contributed by atoms with Crippen LogP contribution in [0.1, 0.15) is 30.1 Å². The van der Waals surface area contributed by atoms with Crippen molar-refractivity contribution in [1.29, 1.82) is 0 Å². The molecule has 8 nitrogen and oxygen atoms in total. The molecule has 3 heterocycles. The highest BCUT2D eigenvalue weighted by atomic mass is 32.2. The van der Waals surface area contributed by atoms with Gasteiger partial charge in [0, 0.05) is 50.6 Å². The number of aromatic amines is 1. The van der Waals surface area contributed by atoms with Crippen molar-refractivity contribution in [2.45, 2.75) is 25.7 Å². The number of H-pyrrole nitrogens is 1. The molecule has 130 valence electrons. The summed E-state index contributed by atoms with van der Waals surface area (Å²) in [4.78, 5) is 9.00. The van der Waals surface area contributed by atoms with Crippen LogP contribution >= 0.6 is 0 Å². The fourth-order valence-corrected chi connectivity index (χ4v) is 4.13. The number of aromatic nitrogens is 4. The summed E-state index contributed by atoms with van der Waals surface area (Å²) in [5, 5.41) is 6.91. The van der Waals surface area contributed by atoms with Gasteiger partial charge in [-0.15, -0.1) is 0 Å². The topological polar surface area (TPSA) is 95.1 Å². The average molecular weight is 350 g/mol. The lowest BCUT2D eigenvalue weighted by Crippen LogP contribution is -2.45. The largest absolute Gasteiger partial charge is 0.282 e. The molecule has 1 saturated heterocycles. The molecule has 0 radical (unpaired) electrons. The predicted octanol–water partition coefficient (Wildman–Crippen LogP) is 1.16. The van der Waals surface area contributed by atoms with Crippen LogP contribution in [0, 0.1) is 6.92 Å². The van der Waals surface area contributed by atoms with Gasteiger partial charge in [0.1, 0.15) is 0 Å². The molecule has 1 N–H and O–H groups in total. The maximum Gasteiger partial charge on any atom is 0.281 e. The summed E-state index contributed by atoms with van der Waals surface area (Å²) in [5.41, 5.74) is 3.43. The number of nitrogens with zero attached hydrogens (tertiary/aromatic N) is 5. The Hall–Kier alpha value is -1.84. The molecule has 0 amide bonds. The van der Waals surface area contributed by atoms with Crippen LogP contribution in [-0.2, 0) is 10.2 Å². The SMILES string of the molecule is Cc1[nH]ncc1-c1cncc([C@@H]2CCCN(S(=O)(=O)N(C)C)C2)n1. The van der Waals surface area contributed by atoms with E-state index in [1.54, 1.807) is 32.7 Å². The fraction of sp³-hybridized carbons (Fsp3) is 0.533. The highest BCUT2D eigenvalue weighted by Gasteiger charge is 2.31. The molecule has 1 atom stereocenters. The van der Waals surface area contributed by atoms with Crippen molar-refractivity contribution >= 4 is 10.2 Å². The molecule has 1 aliphatic rings. The Kier molecular flexibility index (Phi) is 4.66. The van der Waals surface area contributed by atoms with Gasteiger partial charge in [0.05, 0.1) is 23.8 Å². The Balaban J connectivity index is 1.86. The van der Waals surface area contributed by atoms with Gasteiger partial charge >= 0.3 is 0 Å². The van der Waals surface area contributed by atoms with Crippen molar-refractivity contribution in [3.63, 3.8) is 0 Å². The highest BCUT2D eigenvalue weighted by Crippen LogP contribution is 2.29. The third-order valence-corrected chi connectivity index (χ3v) is 6.26. The molecule has 0 bridgehead atoms. The van der Waals surface area contributed by atoms with Crippen LogP contribution < -0.4 is 0 Å². The third-order valence-electron chi connectivity index (χ3n) is 4.35. The first-order valence-corrected chi connectivity index (χ1v) is 9.29. The molecule has 1 aliphatic heterocycles. The van der Waals surface area contributed by atoms with E-state index in [1.807, 2.05) is 6.92 Å². The molecular formula is C15H22N6O2S. The van der Waals surface area contributed by atoms with Gasteiger partial charge in [-0.3, -0.25) is 10.1 Å². The van der Waals surface area contributed by atoms with Gasteiger partial charge in [-0.05, 0) is 19.8 Å². The van der Waals surface area contributed by atoms with Gasteiger partial charge in [0.2, 0.25) is 0 Å². The smallest absolute Gasteiger partial charge is 0.281 e. The van der Waals surface area contributed by atoms with E-state index in [-0.39, 0.29) is 5.92 Å². The zero-order valence-electron chi connectivity index (χ0n) is 14.1. The average Bonchev–Trinajstić information content (AvgIpc) is 3.01. The van der Waals surface area contributed by atoms with Crippen LogP contribution in [0.2, 0.25) is 0 Å². The molecular weight excluding hydrogens is 328 g/mol. The molecule has 24 heavy (non-hydrogen) atoms. The van der Waals surface area contributed by atoms with E-state index in [0.29, 0.717) is 13.1 Å². The first-order valence-electron chi connectivity index (χ1n) is 7.89. The van der Waals surface area contributed by atoms with Crippen LogP contribution in [0.3, 0.4) is 0 Å². The Morgan fingerprint density at radius 1 is 1.29 bits per heavy atom. The van der Waals surface area contributed by atoms with Crippen LogP contribution in [0.25, 0.3) is 11.3 Å². The van der Waals surface area contributed by atoms with Crippen LogP contribution in [0.5, 0.6) is 0 Å². The summed E-state index contributed by atoms with van der Waals surface area (Å²) in [5.74, 6) is 0.0492. The molecule has 2 aromatic rings. The van der Waals surface area contributed by atoms with Crippen molar-refractivity contribution in [1.82, 2.24) is 28.8 Å². The number of hydrogen-bond donors (Lipinski definition) is 1. The third kappa shape index (κ3) is 3.19. The summed E-state index contributed by atoms with van der Waals surface area (Å²) in [6.45, 7) is 2.91. The Morgan fingerprint density at radius 3 is 2.75 bits per heavy atom. The molecule has 2 aromatic heterocycles. The second-order valence-electron chi connectivity index (χ2n) is 6.23. The summed E-state index contributed by atoms with van der Waals surface area (Å²) in [6.07, 6.45) is 6.89. The van der Waals surface area contributed by atoms with Crippen LogP contribution in [0.4, 0.5) is 0 Å². The molecule has 0 aliphatic carbocycles.